The van der Waals surface area contributed by atoms with Crippen molar-refractivity contribution < 1.29 is 9.59 Å². The van der Waals surface area contributed by atoms with E-state index in [4.69, 9.17) is 5.73 Å². The largest absolute Gasteiger partial charge is 0.354 e. The highest BCUT2D eigenvalue weighted by atomic mass is 79.9. The Morgan fingerprint density at radius 2 is 2.00 bits per heavy atom. The zero-order valence-electron chi connectivity index (χ0n) is 13.7. The SMILES string of the molecule is CCC(C)C(N)C(=O)NCCC(=O)Nc1cc(Br)ccc1C.Cl. The molecule has 0 radical (unpaired) electrons. The first-order chi connectivity index (χ1) is 10.3. The van der Waals surface area contributed by atoms with Gasteiger partial charge in [-0.25, -0.2) is 0 Å². The molecule has 0 saturated carbocycles. The van der Waals surface area contributed by atoms with Crippen molar-refractivity contribution in [3.8, 4) is 0 Å². The average Bonchev–Trinajstić information content (AvgIpc) is 2.49. The quantitative estimate of drug-likeness (QED) is 0.651. The van der Waals surface area contributed by atoms with E-state index in [0.717, 1.165) is 22.1 Å². The molecule has 130 valence electrons. The van der Waals surface area contributed by atoms with Gasteiger partial charge in [0, 0.05) is 23.1 Å². The number of rotatable bonds is 7. The molecule has 0 spiro atoms. The van der Waals surface area contributed by atoms with Crippen LogP contribution >= 0.6 is 28.3 Å². The summed E-state index contributed by atoms with van der Waals surface area (Å²) >= 11 is 3.37. The normalized spacial score (nSPS) is 12.7. The minimum Gasteiger partial charge on any atom is -0.354 e. The summed E-state index contributed by atoms with van der Waals surface area (Å²) in [4.78, 5) is 23.7. The summed E-state index contributed by atoms with van der Waals surface area (Å²) in [5, 5.41) is 5.54. The standard InChI is InChI=1S/C16H24BrN3O2.ClH/c1-4-10(2)15(18)16(22)19-8-7-14(21)20-13-9-12(17)6-5-11(13)3;/h5-6,9-10,15H,4,7-8,18H2,1-3H3,(H,19,22)(H,20,21);1H. The molecule has 23 heavy (non-hydrogen) atoms. The lowest BCUT2D eigenvalue weighted by molar-refractivity contribution is -0.123. The predicted molar refractivity (Wildman–Crippen MR) is 99.8 cm³/mol. The van der Waals surface area contributed by atoms with Crippen molar-refractivity contribution in [2.45, 2.75) is 39.7 Å². The first-order valence-electron chi connectivity index (χ1n) is 7.44. The van der Waals surface area contributed by atoms with Gasteiger partial charge in [0.15, 0.2) is 0 Å². The smallest absolute Gasteiger partial charge is 0.237 e. The van der Waals surface area contributed by atoms with Gasteiger partial charge in [-0.05, 0) is 30.5 Å². The summed E-state index contributed by atoms with van der Waals surface area (Å²) in [6.07, 6.45) is 1.06. The van der Waals surface area contributed by atoms with Crippen molar-refractivity contribution >= 4 is 45.8 Å². The Balaban J connectivity index is 0.00000484. The second kappa shape index (κ2) is 10.6. The van der Waals surface area contributed by atoms with Crippen molar-refractivity contribution in [3.05, 3.63) is 28.2 Å². The van der Waals surface area contributed by atoms with Crippen LogP contribution in [-0.2, 0) is 9.59 Å². The number of carbonyl (C=O) groups is 2. The molecular weight excluding hydrogens is 382 g/mol. The van der Waals surface area contributed by atoms with E-state index in [0.29, 0.717) is 0 Å². The molecule has 7 heteroatoms. The minimum absolute atomic E-state index is 0. The monoisotopic (exact) mass is 405 g/mol. The van der Waals surface area contributed by atoms with Gasteiger partial charge >= 0.3 is 0 Å². The maximum absolute atomic E-state index is 11.9. The zero-order valence-corrected chi connectivity index (χ0v) is 16.1. The first kappa shape index (κ1) is 21.9. The Morgan fingerprint density at radius 1 is 1.35 bits per heavy atom. The van der Waals surface area contributed by atoms with Crippen molar-refractivity contribution in [2.24, 2.45) is 11.7 Å². The van der Waals surface area contributed by atoms with Crippen LogP contribution in [0.5, 0.6) is 0 Å². The molecule has 0 fully saturated rings. The van der Waals surface area contributed by atoms with Crippen LogP contribution in [0.2, 0.25) is 0 Å². The van der Waals surface area contributed by atoms with Crippen LogP contribution in [0.4, 0.5) is 5.69 Å². The number of aryl methyl sites for hydroxylation is 1. The fraction of sp³-hybridized carbons (Fsp3) is 0.500. The molecule has 5 nitrogen and oxygen atoms in total. The van der Waals surface area contributed by atoms with Crippen LogP contribution in [0.15, 0.2) is 22.7 Å². The molecule has 0 aliphatic heterocycles. The van der Waals surface area contributed by atoms with E-state index < -0.39 is 6.04 Å². The molecule has 1 aromatic rings. The lowest BCUT2D eigenvalue weighted by atomic mass is 9.99. The van der Waals surface area contributed by atoms with Gasteiger partial charge in [0.05, 0.1) is 6.04 Å². The minimum atomic E-state index is -0.527. The summed E-state index contributed by atoms with van der Waals surface area (Å²) in [5.41, 5.74) is 7.58. The number of hydrogen-bond acceptors (Lipinski definition) is 3. The third kappa shape index (κ3) is 7.33. The summed E-state index contributed by atoms with van der Waals surface area (Å²) < 4.78 is 0.904. The Morgan fingerprint density at radius 3 is 2.61 bits per heavy atom. The van der Waals surface area contributed by atoms with Crippen molar-refractivity contribution in [1.82, 2.24) is 5.32 Å². The highest BCUT2D eigenvalue weighted by Gasteiger charge is 2.19. The molecule has 0 heterocycles. The fourth-order valence-corrected chi connectivity index (χ4v) is 2.23. The van der Waals surface area contributed by atoms with Gasteiger partial charge in [0.25, 0.3) is 0 Å². The van der Waals surface area contributed by atoms with E-state index in [1.807, 2.05) is 39.0 Å². The van der Waals surface area contributed by atoms with Crippen LogP contribution < -0.4 is 16.4 Å². The van der Waals surface area contributed by atoms with E-state index in [1.165, 1.54) is 0 Å². The van der Waals surface area contributed by atoms with Gasteiger partial charge in [-0.1, -0.05) is 42.3 Å². The third-order valence-electron chi connectivity index (χ3n) is 3.68. The molecule has 0 aromatic heterocycles. The molecule has 2 amide bonds. The number of carbonyl (C=O) groups excluding carboxylic acids is 2. The molecule has 1 rings (SSSR count). The van der Waals surface area contributed by atoms with E-state index >= 15 is 0 Å². The average molecular weight is 407 g/mol. The van der Waals surface area contributed by atoms with Crippen LogP contribution in [0.25, 0.3) is 0 Å². The van der Waals surface area contributed by atoms with E-state index in [-0.39, 0.29) is 43.1 Å². The molecule has 0 bridgehead atoms. The number of halogens is 2. The molecule has 0 saturated heterocycles. The van der Waals surface area contributed by atoms with Gasteiger partial charge in [0.2, 0.25) is 11.8 Å². The van der Waals surface area contributed by atoms with Gasteiger partial charge < -0.3 is 16.4 Å². The van der Waals surface area contributed by atoms with Crippen LogP contribution in [0.1, 0.15) is 32.3 Å². The second-order valence-electron chi connectivity index (χ2n) is 5.46. The van der Waals surface area contributed by atoms with Crippen molar-refractivity contribution in [2.75, 3.05) is 11.9 Å². The first-order valence-corrected chi connectivity index (χ1v) is 8.23. The maximum Gasteiger partial charge on any atom is 0.237 e. The zero-order chi connectivity index (χ0) is 16.7. The third-order valence-corrected chi connectivity index (χ3v) is 4.18. The molecule has 4 N–H and O–H groups in total. The lowest BCUT2D eigenvalue weighted by Gasteiger charge is -2.17. The molecule has 2 unspecified atom stereocenters. The highest BCUT2D eigenvalue weighted by Crippen LogP contribution is 2.20. The van der Waals surface area contributed by atoms with Crippen molar-refractivity contribution in [1.29, 1.82) is 0 Å². The number of amides is 2. The van der Waals surface area contributed by atoms with Crippen molar-refractivity contribution in [3.63, 3.8) is 0 Å². The Kier molecular flexibility index (Phi) is 10.1. The van der Waals surface area contributed by atoms with Gasteiger partial charge in [-0.3, -0.25) is 9.59 Å². The molecule has 1 aromatic carbocycles. The summed E-state index contributed by atoms with van der Waals surface area (Å²) in [6.45, 7) is 6.13. The van der Waals surface area contributed by atoms with Gasteiger partial charge in [-0.2, -0.15) is 0 Å². The van der Waals surface area contributed by atoms with Gasteiger partial charge in [0.1, 0.15) is 0 Å². The number of nitrogens with one attached hydrogen (secondary N) is 2. The Labute approximate surface area is 152 Å². The van der Waals surface area contributed by atoms with E-state index in [2.05, 4.69) is 26.6 Å². The van der Waals surface area contributed by atoms with Crippen LogP contribution in [0, 0.1) is 12.8 Å². The molecule has 0 aliphatic rings. The topological polar surface area (TPSA) is 84.2 Å². The summed E-state index contributed by atoms with van der Waals surface area (Å²) in [6, 6.07) is 5.17. The van der Waals surface area contributed by atoms with E-state index in [1.54, 1.807) is 0 Å². The molecule has 2 atom stereocenters. The Bertz CT molecular complexity index is 540. The van der Waals surface area contributed by atoms with Crippen LogP contribution in [-0.4, -0.2) is 24.4 Å². The molecule has 0 aliphatic carbocycles. The van der Waals surface area contributed by atoms with Gasteiger partial charge in [-0.15, -0.1) is 12.4 Å². The Hall–Kier alpha value is -1.11. The number of benzene rings is 1. The summed E-state index contributed by atoms with van der Waals surface area (Å²) in [5.74, 6) is -0.224. The van der Waals surface area contributed by atoms with Crippen LogP contribution in [0.3, 0.4) is 0 Å². The second-order valence-corrected chi connectivity index (χ2v) is 6.38. The number of hydrogen-bond donors (Lipinski definition) is 3. The molecular formula is C16H25BrClN3O2. The van der Waals surface area contributed by atoms with E-state index in [9.17, 15) is 9.59 Å². The maximum atomic E-state index is 11.9. The fourth-order valence-electron chi connectivity index (χ4n) is 1.87. The number of nitrogens with two attached hydrogens (primary N) is 1. The predicted octanol–water partition coefficient (Wildman–Crippen LogP) is 3.00. The number of anilines is 1. The lowest BCUT2D eigenvalue weighted by Crippen LogP contribution is -2.45. The summed E-state index contributed by atoms with van der Waals surface area (Å²) in [7, 11) is 0. The highest BCUT2D eigenvalue weighted by molar-refractivity contribution is 9.10.